The zero-order valence-corrected chi connectivity index (χ0v) is 13.3. The molecule has 1 heterocycles. The van der Waals surface area contributed by atoms with Crippen molar-refractivity contribution < 1.29 is 8.42 Å². The molecule has 1 unspecified atom stereocenters. The van der Waals surface area contributed by atoms with Gasteiger partial charge in [0.1, 0.15) is 4.90 Å². The van der Waals surface area contributed by atoms with Gasteiger partial charge in [0.2, 0.25) is 10.0 Å². The second kappa shape index (κ2) is 6.41. The molecule has 1 saturated heterocycles. The third kappa shape index (κ3) is 3.41. The van der Waals surface area contributed by atoms with Gasteiger partial charge in [-0.05, 0) is 37.6 Å². The van der Waals surface area contributed by atoms with Crippen LogP contribution < -0.4 is 5.32 Å². The Morgan fingerprint density at radius 3 is 2.68 bits per heavy atom. The van der Waals surface area contributed by atoms with Gasteiger partial charge in [-0.25, -0.2) is 8.42 Å². The van der Waals surface area contributed by atoms with E-state index >= 15 is 0 Å². The van der Waals surface area contributed by atoms with Crippen molar-refractivity contribution in [2.45, 2.75) is 24.3 Å². The maximum absolute atomic E-state index is 12.5. The summed E-state index contributed by atoms with van der Waals surface area (Å²) in [6, 6.07) is 5.06. The minimum absolute atomic E-state index is 0. The molecule has 1 aromatic rings. The highest BCUT2D eigenvalue weighted by Crippen LogP contribution is 2.27. The molecule has 0 aliphatic carbocycles. The number of halogens is 2. The molecule has 0 bridgehead atoms. The summed E-state index contributed by atoms with van der Waals surface area (Å²) in [5, 5.41) is 3.44. The zero-order chi connectivity index (χ0) is 13.3. The number of aryl methyl sites for hydroxylation is 1. The van der Waals surface area contributed by atoms with E-state index in [-0.39, 0.29) is 28.4 Å². The van der Waals surface area contributed by atoms with E-state index in [4.69, 9.17) is 11.6 Å². The van der Waals surface area contributed by atoms with Gasteiger partial charge in [0.25, 0.3) is 0 Å². The lowest BCUT2D eigenvalue weighted by Crippen LogP contribution is -2.38. The minimum Gasteiger partial charge on any atom is -0.315 e. The SMILES string of the molecule is Cc1ccc(Cl)c(S(=O)(=O)N(C)C2CCNC2)c1.Cl. The second-order valence-corrected chi connectivity index (χ2v) is 6.97. The quantitative estimate of drug-likeness (QED) is 0.925. The molecule has 19 heavy (non-hydrogen) atoms. The van der Waals surface area contributed by atoms with Gasteiger partial charge in [0.05, 0.1) is 5.02 Å². The molecule has 1 aromatic carbocycles. The Bertz CT molecular complexity index is 543. The van der Waals surface area contributed by atoms with E-state index in [0.29, 0.717) is 6.54 Å². The number of hydrogen-bond donors (Lipinski definition) is 1. The van der Waals surface area contributed by atoms with Crippen molar-refractivity contribution in [3.63, 3.8) is 0 Å². The number of benzene rings is 1. The van der Waals surface area contributed by atoms with E-state index in [2.05, 4.69) is 5.32 Å². The second-order valence-electron chi connectivity index (χ2n) is 4.60. The average molecular weight is 325 g/mol. The monoisotopic (exact) mass is 324 g/mol. The molecule has 0 spiro atoms. The van der Waals surface area contributed by atoms with Gasteiger partial charge in [-0.1, -0.05) is 17.7 Å². The lowest BCUT2D eigenvalue weighted by atomic mass is 10.2. The normalized spacial score (nSPS) is 19.5. The Morgan fingerprint density at radius 1 is 1.42 bits per heavy atom. The van der Waals surface area contributed by atoms with Crippen molar-refractivity contribution in [3.8, 4) is 0 Å². The first kappa shape index (κ1) is 16.7. The van der Waals surface area contributed by atoms with E-state index in [9.17, 15) is 8.42 Å². The Balaban J connectivity index is 0.00000180. The maximum atomic E-state index is 12.5. The Kier molecular flexibility index (Phi) is 5.65. The van der Waals surface area contributed by atoms with Crippen molar-refractivity contribution in [2.24, 2.45) is 0 Å². The fraction of sp³-hybridized carbons (Fsp3) is 0.500. The highest BCUT2D eigenvalue weighted by atomic mass is 35.5. The molecule has 1 N–H and O–H groups in total. The first-order chi connectivity index (χ1) is 8.43. The van der Waals surface area contributed by atoms with Crippen LogP contribution in [0.2, 0.25) is 5.02 Å². The van der Waals surface area contributed by atoms with Crippen LogP contribution in [0.5, 0.6) is 0 Å². The first-order valence-corrected chi connectivity index (χ1v) is 7.69. The van der Waals surface area contributed by atoms with E-state index < -0.39 is 10.0 Å². The maximum Gasteiger partial charge on any atom is 0.244 e. The molecule has 0 aromatic heterocycles. The van der Waals surface area contributed by atoms with E-state index in [1.54, 1.807) is 25.2 Å². The molecule has 0 radical (unpaired) electrons. The van der Waals surface area contributed by atoms with Crippen LogP contribution in [0.1, 0.15) is 12.0 Å². The molecule has 7 heteroatoms. The summed E-state index contributed by atoms with van der Waals surface area (Å²) >= 11 is 6.01. The number of sulfonamides is 1. The van der Waals surface area contributed by atoms with Crippen LogP contribution in [0.3, 0.4) is 0 Å². The molecule has 1 aliphatic rings. The molecule has 1 atom stereocenters. The third-order valence-electron chi connectivity index (χ3n) is 3.29. The van der Waals surface area contributed by atoms with Gasteiger partial charge in [-0.15, -0.1) is 12.4 Å². The Labute approximate surface area is 125 Å². The Hall–Kier alpha value is -0.330. The lowest BCUT2D eigenvalue weighted by Gasteiger charge is -2.23. The van der Waals surface area contributed by atoms with Gasteiger partial charge in [-0.3, -0.25) is 0 Å². The van der Waals surface area contributed by atoms with Crippen LogP contribution in [-0.4, -0.2) is 38.9 Å². The highest BCUT2D eigenvalue weighted by molar-refractivity contribution is 7.89. The van der Waals surface area contributed by atoms with Gasteiger partial charge in [0.15, 0.2) is 0 Å². The lowest BCUT2D eigenvalue weighted by molar-refractivity contribution is 0.388. The summed E-state index contributed by atoms with van der Waals surface area (Å²) in [7, 11) is -1.90. The van der Waals surface area contributed by atoms with Crippen LogP contribution in [0.15, 0.2) is 23.1 Å². The predicted molar refractivity (Wildman–Crippen MR) is 79.7 cm³/mol. The van der Waals surface area contributed by atoms with Crippen molar-refractivity contribution in [2.75, 3.05) is 20.1 Å². The van der Waals surface area contributed by atoms with Gasteiger partial charge in [-0.2, -0.15) is 4.31 Å². The topological polar surface area (TPSA) is 49.4 Å². The fourth-order valence-electron chi connectivity index (χ4n) is 2.11. The highest BCUT2D eigenvalue weighted by Gasteiger charge is 2.31. The number of nitrogens with one attached hydrogen (secondary N) is 1. The van der Waals surface area contributed by atoms with Gasteiger partial charge < -0.3 is 5.32 Å². The molecule has 1 fully saturated rings. The van der Waals surface area contributed by atoms with Crippen LogP contribution >= 0.6 is 24.0 Å². The van der Waals surface area contributed by atoms with E-state index in [1.165, 1.54) is 4.31 Å². The summed E-state index contributed by atoms with van der Waals surface area (Å²) in [4.78, 5) is 0.193. The minimum atomic E-state index is -3.51. The largest absolute Gasteiger partial charge is 0.315 e. The smallest absolute Gasteiger partial charge is 0.244 e. The van der Waals surface area contributed by atoms with Crippen LogP contribution in [0.4, 0.5) is 0 Å². The van der Waals surface area contributed by atoms with Crippen molar-refractivity contribution in [1.29, 1.82) is 0 Å². The molecule has 2 rings (SSSR count). The summed E-state index contributed by atoms with van der Waals surface area (Å²) in [6.45, 7) is 3.40. The summed E-state index contributed by atoms with van der Waals surface area (Å²) in [6.07, 6.45) is 0.833. The molecule has 4 nitrogen and oxygen atoms in total. The number of hydrogen-bond acceptors (Lipinski definition) is 3. The average Bonchev–Trinajstić information content (AvgIpc) is 2.84. The molecule has 108 valence electrons. The molecular formula is C12H18Cl2N2O2S. The van der Waals surface area contributed by atoms with Crippen molar-refractivity contribution in [3.05, 3.63) is 28.8 Å². The van der Waals surface area contributed by atoms with Crippen molar-refractivity contribution in [1.82, 2.24) is 9.62 Å². The first-order valence-electron chi connectivity index (χ1n) is 5.88. The van der Waals surface area contributed by atoms with E-state index in [0.717, 1.165) is 18.5 Å². The number of rotatable bonds is 3. The number of likely N-dealkylation sites (N-methyl/N-ethyl adjacent to an activating group) is 1. The van der Waals surface area contributed by atoms with Crippen LogP contribution in [-0.2, 0) is 10.0 Å². The van der Waals surface area contributed by atoms with Crippen molar-refractivity contribution >= 4 is 34.0 Å². The molecule has 0 saturated carbocycles. The van der Waals surface area contributed by atoms with E-state index in [1.807, 2.05) is 6.92 Å². The molecular weight excluding hydrogens is 307 g/mol. The third-order valence-corrected chi connectivity index (χ3v) is 5.68. The Morgan fingerprint density at radius 2 is 2.11 bits per heavy atom. The van der Waals surface area contributed by atoms with Gasteiger partial charge in [0, 0.05) is 19.6 Å². The summed E-state index contributed by atoms with van der Waals surface area (Å²) < 4.78 is 26.4. The van der Waals surface area contributed by atoms with Crippen LogP contribution in [0, 0.1) is 6.92 Å². The standard InChI is InChI=1S/C12H17ClN2O2S.ClH/c1-9-3-4-11(13)12(7-9)18(16,17)15(2)10-5-6-14-8-10;/h3-4,7,10,14H,5-6,8H2,1-2H3;1H. The summed E-state index contributed by atoms with van der Waals surface area (Å²) in [5.74, 6) is 0. The van der Waals surface area contributed by atoms with Gasteiger partial charge >= 0.3 is 0 Å². The number of nitrogens with zero attached hydrogens (tertiary/aromatic N) is 1. The summed E-state index contributed by atoms with van der Waals surface area (Å²) in [5.41, 5.74) is 0.885. The molecule has 0 amide bonds. The predicted octanol–water partition coefficient (Wildman–Crippen LogP) is 2.05. The van der Waals surface area contributed by atoms with Crippen LogP contribution in [0.25, 0.3) is 0 Å². The fourth-order valence-corrected chi connectivity index (χ4v) is 4.05. The zero-order valence-electron chi connectivity index (χ0n) is 10.9. The molecule has 1 aliphatic heterocycles.